The first-order valence-corrected chi connectivity index (χ1v) is 8.52. The number of nitrogens with zero attached hydrogens (tertiary/aromatic N) is 1. The predicted molar refractivity (Wildman–Crippen MR) is 90.1 cm³/mol. The van der Waals surface area contributed by atoms with Gasteiger partial charge in [-0.2, -0.15) is 0 Å². The van der Waals surface area contributed by atoms with E-state index >= 15 is 0 Å². The molecule has 4 heteroatoms. The maximum atomic E-state index is 10.8. The molecular formula is C17H25Cl2NO. The van der Waals surface area contributed by atoms with E-state index in [0.29, 0.717) is 5.92 Å². The van der Waals surface area contributed by atoms with Gasteiger partial charge in [0.2, 0.25) is 0 Å². The summed E-state index contributed by atoms with van der Waals surface area (Å²) in [5.74, 6) is 0.605. The van der Waals surface area contributed by atoms with Crippen LogP contribution in [0.2, 0.25) is 0 Å². The van der Waals surface area contributed by atoms with Crippen LogP contribution in [0.1, 0.15) is 30.9 Å². The molecule has 21 heavy (non-hydrogen) atoms. The number of rotatable bonds is 5. The second-order valence-electron chi connectivity index (χ2n) is 6.39. The first-order chi connectivity index (χ1) is 9.99. The van der Waals surface area contributed by atoms with Crippen molar-refractivity contribution in [1.82, 2.24) is 4.90 Å². The standard InChI is InChI=1S/C17H25Cl2NO/c1-20(2)11-14(13-8-9-15(18)16(19)10-13)17(21)12-6-4-3-5-7-12/h3-7,13-17,21H,8-11H2,1-2H3. The molecule has 0 saturated heterocycles. The Hall–Kier alpha value is -0.280. The lowest BCUT2D eigenvalue weighted by molar-refractivity contribution is 0.0422. The van der Waals surface area contributed by atoms with E-state index < -0.39 is 6.10 Å². The first-order valence-electron chi connectivity index (χ1n) is 7.65. The summed E-state index contributed by atoms with van der Waals surface area (Å²) in [6.07, 6.45) is 2.42. The number of hydrogen-bond donors (Lipinski definition) is 1. The Bertz CT molecular complexity index is 426. The summed E-state index contributed by atoms with van der Waals surface area (Å²) in [4.78, 5) is 2.15. The van der Waals surface area contributed by atoms with Crippen LogP contribution in [0.15, 0.2) is 30.3 Å². The molecule has 1 N–H and O–H groups in total. The molecule has 0 aromatic heterocycles. The molecule has 2 nitrogen and oxygen atoms in total. The SMILES string of the molecule is CN(C)CC(C1CCC(Cl)C(Cl)C1)C(O)c1ccccc1. The fourth-order valence-corrected chi connectivity index (χ4v) is 3.91. The minimum atomic E-state index is -0.450. The van der Waals surface area contributed by atoms with Gasteiger partial charge in [-0.1, -0.05) is 30.3 Å². The third-order valence-corrected chi connectivity index (χ3v) is 5.60. The summed E-state index contributed by atoms with van der Waals surface area (Å²) in [6, 6.07) is 9.93. The van der Waals surface area contributed by atoms with E-state index in [1.54, 1.807) is 0 Å². The molecule has 1 aliphatic rings. The number of aliphatic hydroxyl groups is 1. The highest BCUT2D eigenvalue weighted by Crippen LogP contribution is 2.40. The third-order valence-electron chi connectivity index (χ3n) is 4.46. The molecule has 1 aliphatic carbocycles. The second-order valence-corrected chi connectivity index (χ2v) is 7.51. The molecule has 1 aromatic rings. The Morgan fingerprint density at radius 1 is 1.14 bits per heavy atom. The zero-order valence-electron chi connectivity index (χ0n) is 12.8. The maximum Gasteiger partial charge on any atom is 0.0833 e. The lowest BCUT2D eigenvalue weighted by atomic mass is 9.75. The number of benzene rings is 1. The smallest absolute Gasteiger partial charge is 0.0833 e. The number of aliphatic hydroxyl groups excluding tert-OH is 1. The average molecular weight is 330 g/mol. The molecule has 0 spiro atoms. The quantitative estimate of drug-likeness (QED) is 0.828. The second kappa shape index (κ2) is 7.82. The summed E-state index contributed by atoms with van der Waals surface area (Å²) in [5, 5.41) is 10.9. The normalized spacial score (nSPS) is 29.3. The van der Waals surface area contributed by atoms with Gasteiger partial charge < -0.3 is 10.0 Å². The molecule has 0 heterocycles. The molecule has 2 rings (SSSR count). The van der Waals surface area contributed by atoms with E-state index in [1.807, 2.05) is 30.3 Å². The predicted octanol–water partition coefficient (Wildman–Crippen LogP) is 3.91. The Balaban J connectivity index is 2.14. The Morgan fingerprint density at radius 2 is 1.81 bits per heavy atom. The fourth-order valence-electron chi connectivity index (χ4n) is 3.32. The molecule has 1 aromatic carbocycles. The largest absolute Gasteiger partial charge is 0.388 e. The summed E-state index contributed by atoms with van der Waals surface area (Å²) < 4.78 is 0. The van der Waals surface area contributed by atoms with E-state index in [9.17, 15) is 5.11 Å². The van der Waals surface area contributed by atoms with E-state index in [-0.39, 0.29) is 16.7 Å². The lowest BCUT2D eigenvalue weighted by Gasteiger charge is -2.38. The van der Waals surface area contributed by atoms with Crippen molar-refractivity contribution in [2.75, 3.05) is 20.6 Å². The van der Waals surface area contributed by atoms with Crippen LogP contribution in [0.4, 0.5) is 0 Å². The van der Waals surface area contributed by atoms with Crippen LogP contribution in [-0.4, -0.2) is 41.4 Å². The van der Waals surface area contributed by atoms with Crippen molar-refractivity contribution in [2.45, 2.75) is 36.1 Å². The van der Waals surface area contributed by atoms with Crippen LogP contribution < -0.4 is 0 Å². The van der Waals surface area contributed by atoms with Gasteiger partial charge in [-0.05, 0) is 44.8 Å². The molecule has 118 valence electrons. The highest BCUT2D eigenvalue weighted by Gasteiger charge is 2.36. The van der Waals surface area contributed by atoms with Gasteiger partial charge in [0.05, 0.1) is 11.5 Å². The number of alkyl halides is 2. The van der Waals surface area contributed by atoms with E-state index in [4.69, 9.17) is 23.2 Å². The van der Waals surface area contributed by atoms with Crippen LogP contribution in [0.3, 0.4) is 0 Å². The van der Waals surface area contributed by atoms with Crippen LogP contribution in [0.25, 0.3) is 0 Å². The topological polar surface area (TPSA) is 23.5 Å². The van der Waals surface area contributed by atoms with Crippen LogP contribution in [0.5, 0.6) is 0 Å². The Morgan fingerprint density at radius 3 is 2.38 bits per heavy atom. The highest BCUT2D eigenvalue weighted by molar-refractivity contribution is 6.30. The van der Waals surface area contributed by atoms with E-state index in [2.05, 4.69) is 19.0 Å². The van der Waals surface area contributed by atoms with E-state index in [1.165, 1.54) is 0 Å². The van der Waals surface area contributed by atoms with Crippen LogP contribution in [0, 0.1) is 11.8 Å². The molecule has 1 fully saturated rings. The zero-order chi connectivity index (χ0) is 15.4. The molecular weight excluding hydrogens is 305 g/mol. The molecule has 5 atom stereocenters. The highest BCUT2D eigenvalue weighted by atomic mass is 35.5. The first kappa shape index (κ1) is 17.1. The van der Waals surface area contributed by atoms with Crippen molar-refractivity contribution in [3.05, 3.63) is 35.9 Å². The third kappa shape index (κ3) is 4.59. The van der Waals surface area contributed by atoms with Crippen molar-refractivity contribution in [3.63, 3.8) is 0 Å². The van der Waals surface area contributed by atoms with Crippen molar-refractivity contribution in [2.24, 2.45) is 11.8 Å². The van der Waals surface area contributed by atoms with Crippen molar-refractivity contribution >= 4 is 23.2 Å². The van der Waals surface area contributed by atoms with Crippen molar-refractivity contribution in [1.29, 1.82) is 0 Å². The molecule has 0 radical (unpaired) electrons. The van der Waals surface area contributed by atoms with Gasteiger partial charge in [0.15, 0.2) is 0 Å². The molecule has 0 amide bonds. The van der Waals surface area contributed by atoms with Crippen molar-refractivity contribution in [3.8, 4) is 0 Å². The van der Waals surface area contributed by atoms with Gasteiger partial charge in [-0.25, -0.2) is 0 Å². The van der Waals surface area contributed by atoms with Crippen LogP contribution in [-0.2, 0) is 0 Å². The lowest BCUT2D eigenvalue weighted by Crippen LogP contribution is -2.37. The molecule has 0 aliphatic heterocycles. The number of hydrogen-bond acceptors (Lipinski definition) is 2. The van der Waals surface area contributed by atoms with Gasteiger partial charge in [0, 0.05) is 17.8 Å². The van der Waals surface area contributed by atoms with Crippen molar-refractivity contribution < 1.29 is 5.11 Å². The summed E-state index contributed by atoms with van der Waals surface area (Å²) in [7, 11) is 4.10. The minimum absolute atomic E-state index is 0.0121. The maximum absolute atomic E-state index is 10.8. The van der Waals surface area contributed by atoms with Gasteiger partial charge in [0.1, 0.15) is 0 Å². The minimum Gasteiger partial charge on any atom is -0.388 e. The monoisotopic (exact) mass is 329 g/mol. The Kier molecular flexibility index (Phi) is 6.36. The average Bonchev–Trinajstić information content (AvgIpc) is 2.48. The molecule has 0 bridgehead atoms. The van der Waals surface area contributed by atoms with E-state index in [0.717, 1.165) is 31.4 Å². The summed E-state index contributed by atoms with van der Waals surface area (Å²) in [5.41, 5.74) is 0.989. The zero-order valence-corrected chi connectivity index (χ0v) is 14.3. The Labute approximate surface area is 138 Å². The summed E-state index contributed by atoms with van der Waals surface area (Å²) in [6.45, 7) is 0.858. The fraction of sp³-hybridized carbons (Fsp3) is 0.647. The number of halogens is 2. The molecule has 5 unspecified atom stereocenters. The van der Waals surface area contributed by atoms with Gasteiger partial charge in [-0.15, -0.1) is 23.2 Å². The molecule has 1 saturated carbocycles. The van der Waals surface area contributed by atoms with Gasteiger partial charge in [0.25, 0.3) is 0 Å². The van der Waals surface area contributed by atoms with Gasteiger partial charge in [-0.3, -0.25) is 0 Å². The van der Waals surface area contributed by atoms with Crippen LogP contribution >= 0.6 is 23.2 Å². The van der Waals surface area contributed by atoms with Gasteiger partial charge >= 0.3 is 0 Å². The summed E-state index contributed by atoms with van der Waals surface area (Å²) >= 11 is 12.6.